The molecule has 0 fully saturated rings. The van der Waals surface area contributed by atoms with Crippen LogP contribution in [0.4, 0.5) is 5.69 Å². The number of nitro groups is 1. The second-order valence-electron chi connectivity index (χ2n) is 3.46. The lowest BCUT2D eigenvalue weighted by molar-refractivity contribution is -0.387. The molecule has 92 valence electrons. The third kappa shape index (κ3) is 3.74. The number of carboxylic acid groups (broad SMARTS) is 1. The van der Waals surface area contributed by atoms with Crippen LogP contribution in [0, 0.1) is 10.1 Å². The van der Waals surface area contributed by atoms with Crippen LogP contribution in [0.25, 0.3) is 0 Å². The molecule has 1 rings (SSSR count). The molecule has 0 aromatic heterocycles. The van der Waals surface area contributed by atoms with Crippen LogP contribution in [0.3, 0.4) is 0 Å². The average Bonchev–Trinajstić information content (AvgIpc) is 2.28. The maximum Gasteiger partial charge on any atom is 0.316 e. The van der Waals surface area contributed by atoms with E-state index >= 15 is 0 Å². The van der Waals surface area contributed by atoms with Crippen molar-refractivity contribution in [1.29, 1.82) is 0 Å². The van der Waals surface area contributed by atoms with E-state index in [9.17, 15) is 14.9 Å². The van der Waals surface area contributed by atoms with Crippen LogP contribution in [0.1, 0.15) is 19.8 Å². The molecule has 0 saturated heterocycles. The lowest BCUT2D eigenvalue weighted by Gasteiger charge is -2.10. The summed E-state index contributed by atoms with van der Waals surface area (Å²) in [6, 6.07) is 6.19. The van der Waals surface area contributed by atoms with E-state index in [1.807, 2.05) is 6.92 Å². The smallest absolute Gasteiger partial charge is 0.316 e. The highest BCUT2D eigenvalue weighted by molar-refractivity contribution is 8.00. The number of nitrogens with zero attached hydrogens (tertiary/aromatic N) is 1. The van der Waals surface area contributed by atoms with Crippen molar-refractivity contribution < 1.29 is 14.8 Å². The Hall–Kier alpha value is -1.56. The quantitative estimate of drug-likeness (QED) is 0.480. The number of rotatable bonds is 6. The van der Waals surface area contributed by atoms with Crippen molar-refractivity contribution in [3.05, 3.63) is 34.4 Å². The van der Waals surface area contributed by atoms with Crippen LogP contribution in [0.5, 0.6) is 0 Å². The van der Waals surface area contributed by atoms with Gasteiger partial charge in [0.2, 0.25) is 0 Å². The number of hydrogen-bond donors (Lipinski definition) is 1. The third-order valence-corrected chi connectivity index (χ3v) is 3.48. The molecule has 17 heavy (non-hydrogen) atoms. The van der Waals surface area contributed by atoms with Crippen LogP contribution >= 0.6 is 11.8 Å². The molecular formula is C11H13NO4S. The molecule has 0 aliphatic carbocycles. The number of hydrogen-bond acceptors (Lipinski definition) is 4. The Labute approximate surface area is 103 Å². The number of carbonyl (C=O) groups is 1. The zero-order valence-electron chi connectivity index (χ0n) is 9.33. The number of aliphatic carboxylic acids is 1. The van der Waals surface area contributed by atoms with Crippen molar-refractivity contribution in [2.45, 2.75) is 29.9 Å². The minimum atomic E-state index is -0.935. The van der Waals surface area contributed by atoms with Crippen LogP contribution in [-0.4, -0.2) is 21.2 Å². The van der Waals surface area contributed by atoms with Gasteiger partial charge >= 0.3 is 5.97 Å². The zero-order chi connectivity index (χ0) is 12.8. The minimum Gasteiger partial charge on any atom is -0.480 e. The first kappa shape index (κ1) is 13.5. The number of para-hydroxylation sites is 1. The molecule has 0 spiro atoms. The van der Waals surface area contributed by atoms with E-state index in [4.69, 9.17) is 5.11 Å². The number of carboxylic acids is 1. The summed E-state index contributed by atoms with van der Waals surface area (Å²) in [5, 5.41) is 19.1. The molecule has 1 aromatic carbocycles. The fourth-order valence-corrected chi connectivity index (χ4v) is 2.54. The molecule has 1 aromatic rings. The summed E-state index contributed by atoms with van der Waals surface area (Å²) < 4.78 is 0. The van der Waals surface area contributed by atoms with Gasteiger partial charge in [0.1, 0.15) is 5.25 Å². The van der Waals surface area contributed by atoms with Crippen molar-refractivity contribution in [2.24, 2.45) is 0 Å². The van der Waals surface area contributed by atoms with E-state index in [1.54, 1.807) is 18.2 Å². The van der Waals surface area contributed by atoms with Crippen LogP contribution < -0.4 is 0 Å². The fraction of sp³-hybridized carbons (Fsp3) is 0.364. The molecule has 5 nitrogen and oxygen atoms in total. The molecule has 1 unspecified atom stereocenters. The Bertz CT molecular complexity index is 422. The first-order valence-corrected chi connectivity index (χ1v) is 6.07. The Morgan fingerprint density at radius 3 is 2.71 bits per heavy atom. The number of nitro benzene ring substituents is 1. The standard InChI is InChI=1S/C11H13NO4S/c1-2-5-10(11(13)14)17-9-7-4-3-6-8(9)12(15)16/h3-4,6-7,10H,2,5H2,1H3,(H,13,14). The van der Waals surface area contributed by atoms with Crippen molar-refractivity contribution in [3.8, 4) is 0 Å². The Balaban J connectivity index is 2.92. The van der Waals surface area contributed by atoms with Crippen LogP contribution in [0.15, 0.2) is 29.2 Å². The molecule has 1 N–H and O–H groups in total. The first-order chi connectivity index (χ1) is 8.06. The van der Waals surface area contributed by atoms with E-state index < -0.39 is 16.1 Å². The second kappa shape index (κ2) is 6.24. The molecule has 0 radical (unpaired) electrons. The molecule has 1 atom stereocenters. The zero-order valence-corrected chi connectivity index (χ0v) is 10.1. The lowest BCUT2D eigenvalue weighted by atomic mass is 10.2. The van der Waals surface area contributed by atoms with Crippen molar-refractivity contribution in [1.82, 2.24) is 0 Å². The third-order valence-electron chi connectivity index (χ3n) is 2.16. The van der Waals surface area contributed by atoms with E-state index in [0.29, 0.717) is 11.3 Å². The van der Waals surface area contributed by atoms with Crippen molar-refractivity contribution in [2.75, 3.05) is 0 Å². The SMILES string of the molecule is CCCC(Sc1ccccc1[N+](=O)[O-])C(=O)O. The lowest BCUT2D eigenvalue weighted by Crippen LogP contribution is -2.15. The summed E-state index contributed by atoms with van der Waals surface area (Å²) in [6.45, 7) is 1.88. The Morgan fingerprint density at radius 2 is 2.18 bits per heavy atom. The van der Waals surface area contributed by atoms with Gasteiger partial charge in [-0.3, -0.25) is 14.9 Å². The van der Waals surface area contributed by atoms with Gasteiger partial charge in [0.15, 0.2) is 0 Å². The van der Waals surface area contributed by atoms with E-state index in [0.717, 1.165) is 18.2 Å². The minimum absolute atomic E-state index is 0.0418. The van der Waals surface area contributed by atoms with Crippen molar-refractivity contribution >= 4 is 23.4 Å². The van der Waals surface area contributed by atoms with Crippen LogP contribution in [-0.2, 0) is 4.79 Å². The molecule has 0 aliphatic heterocycles. The average molecular weight is 255 g/mol. The maximum absolute atomic E-state index is 11.0. The Morgan fingerprint density at radius 1 is 1.53 bits per heavy atom. The molecule has 0 aliphatic rings. The summed E-state index contributed by atoms with van der Waals surface area (Å²) in [4.78, 5) is 21.7. The Kier molecular flexibility index (Phi) is 4.96. The first-order valence-electron chi connectivity index (χ1n) is 5.19. The van der Waals surface area contributed by atoms with Gasteiger partial charge in [-0.25, -0.2) is 0 Å². The topological polar surface area (TPSA) is 80.4 Å². The van der Waals surface area contributed by atoms with Gasteiger partial charge in [0, 0.05) is 6.07 Å². The van der Waals surface area contributed by atoms with Crippen molar-refractivity contribution in [3.63, 3.8) is 0 Å². The summed E-state index contributed by atoms with van der Waals surface area (Å²) >= 11 is 1.04. The second-order valence-corrected chi connectivity index (χ2v) is 4.70. The van der Waals surface area contributed by atoms with Gasteiger partial charge in [-0.2, -0.15) is 0 Å². The normalized spacial score (nSPS) is 12.1. The summed E-state index contributed by atoms with van der Waals surface area (Å²) in [5.74, 6) is -0.935. The maximum atomic E-state index is 11.0. The summed E-state index contributed by atoms with van der Waals surface area (Å²) in [6.07, 6.45) is 1.22. The van der Waals surface area contributed by atoms with E-state index in [1.165, 1.54) is 6.07 Å². The largest absolute Gasteiger partial charge is 0.480 e. The highest BCUT2D eigenvalue weighted by atomic mass is 32.2. The fourth-order valence-electron chi connectivity index (χ4n) is 1.36. The van der Waals surface area contributed by atoms with Gasteiger partial charge in [0.05, 0.1) is 9.82 Å². The van der Waals surface area contributed by atoms with E-state index in [-0.39, 0.29) is 5.69 Å². The van der Waals surface area contributed by atoms with Gasteiger partial charge < -0.3 is 5.11 Å². The van der Waals surface area contributed by atoms with E-state index in [2.05, 4.69) is 0 Å². The van der Waals surface area contributed by atoms with Crippen LogP contribution in [0.2, 0.25) is 0 Å². The number of benzene rings is 1. The molecule has 6 heteroatoms. The molecule has 0 amide bonds. The molecular weight excluding hydrogens is 242 g/mol. The summed E-state index contributed by atoms with van der Waals surface area (Å²) in [5.41, 5.74) is -0.0418. The number of thioether (sulfide) groups is 1. The van der Waals surface area contributed by atoms with Gasteiger partial charge in [0.25, 0.3) is 5.69 Å². The predicted molar refractivity (Wildman–Crippen MR) is 65.3 cm³/mol. The monoisotopic (exact) mass is 255 g/mol. The predicted octanol–water partition coefficient (Wildman–Crippen LogP) is 2.94. The molecule has 0 saturated carbocycles. The molecule has 0 heterocycles. The van der Waals surface area contributed by atoms with Gasteiger partial charge in [-0.15, -0.1) is 11.8 Å². The molecule has 0 bridgehead atoms. The summed E-state index contributed by atoms with van der Waals surface area (Å²) in [7, 11) is 0. The highest BCUT2D eigenvalue weighted by Crippen LogP contribution is 2.33. The van der Waals surface area contributed by atoms with Gasteiger partial charge in [-0.1, -0.05) is 25.5 Å². The van der Waals surface area contributed by atoms with Gasteiger partial charge in [-0.05, 0) is 12.5 Å². The highest BCUT2D eigenvalue weighted by Gasteiger charge is 2.22.